The number of rotatable bonds is 5. The third kappa shape index (κ3) is 4.96. The van der Waals surface area contributed by atoms with Crippen LogP contribution in [0.3, 0.4) is 0 Å². The maximum Gasteiger partial charge on any atom is 0.334 e. The van der Waals surface area contributed by atoms with Crippen LogP contribution in [0.5, 0.6) is 5.75 Å². The number of benzene rings is 1. The number of nitrogens with zero attached hydrogens (tertiary/aromatic N) is 1. The molecule has 0 radical (unpaired) electrons. The van der Waals surface area contributed by atoms with Crippen LogP contribution < -0.4 is 25.4 Å². The summed E-state index contributed by atoms with van der Waals surface area (Å²) in [7, 11) is -1.25. The van der Waals surface area contributed by atoms with E-state index in [4.69, 9.17) is 4.74 Å². The first kappa shape index (κ1) is 21.3. The van der Waals surface area contributed by atoms with Crippen LogP contribution in [0, 0.1) is 6.92 Å². The fourth-order valence-corrected chi connectivity index (χ4v) is 4.80. The molecule has 3 aromatic rings. The summed E-state index contributed by atoms with van der Waals surface area (Å²) in [5.74, 6) is 0.390. The molecule has 0 aliphatic heterocycles. The fraction of sp³-hybridized carbons (Fsp3) is 0.167. The first-order chi connectivity index (χ1) is 14.2. The average molecular weight is 450 g/mol. The minimum atomic E-state index is -4.09. The molecular weight excluding hydrogens is 430 g/mol. The van der Waals surface area contributed by atoms with Crippen molar-refractivity contribution in [1.29, 1.82) is 0 Å². The number of hydrogen-bond donors (Lipinski definition) is 4. The summed E-state index contributed by atoms with van der Waals surface area (Å²) in [5.41, 5.74) is 1.00. The Morgan fingerprint density at radius 2 is 1.70 bits per heavy atom. The molecule has 1 aromatic carbocycles. The van der Waals surface area contributed by atoms with Gasteiger partial charge in [-0.15, -0.1) is 11.3 Å². The van der Waals surface area contributed by atoms with Gasteiger partial charge in [0.25, 0.3) is 10.0 Å². The van der Waals surface area contributed by atoms with Gasteiger partial charge in [-0.25, -0.2) is 27.7 Å². The molecule has 0 spiro atoms. The summed E-state index contributed by atoms with van der Waals surface area (Å²) < 4.78 is 33.0. The van der Waals surface area contributed by atoms with Crippen molar-refractivity contribution < 1.29 is 22.7 Å². The van der Waals surface area contributed by atoms with Crippen LogP contribution in [0.1, 0.15) is 5.56 Å². The lowest BCUT2D eigenvalue weighted by atomic mass is 10.2. The highest BCUT2D eigenvalue weighted by atomic mass is 32.2. The Kier molecular flexibility index (Phi) is 6.08. The first-order valence-corrected chi connectivity index (χ1v) is 10.9. The number of pyridine rings is 1. The Morgan fingerprint density at radius 3 is 2.33 bits per heavy atom. The quantitative estimate of drug-likeness (QED) is 0.472. The number of aryl methyl sites for hydroxylation is 1. The van der Waals surface area contributed by atoms with Crippen molar-refractivity contribution in [3.05, 3.63) is 42.0 Å². The zero-order valence-electron chi connectivity index (χ0n) is 16.3. The molecule has 0 atom stereocenters. The molecule has 30 heavy (non-hydrogen) atoms. The maximum atomic E-state index is 12.6. The van der Waals surface area contributed by atoms with Gasteiger partial charge in [0.15, 0.2) is 0 Å². The summed E-state index contributed by atoms with van der Waals surface area (Å²) in [6, 6.07) is 8.38. The summed E-state index contributed by atoms with van der Waals surface area (Å²) >= 11 is 1.06. The number of hydrogen-bond acceptors (Lipinski definition) is 7. The highest BCUT2D eigenvalue weighted by Crippen LogP contribution is 2.29. The van der Waals surface area contributed by atoms with Crippen molar-refractivity contribution in [2.75, 3.05) is 24.8 Å². The van der Waals surface area contributed by atoms with Crippen LogP contribution in [0.15, 0.2) is 40.6 Å². The van der Waals surface area contributed by atoms with Gasteiger partial charge in [0.2, 0.25) is 0 Å². The summed E-state index contributed by atoms with van der Waals surface area (Å²) in [6.45, 7) is 1.91. The van der Waals surface area contributed by atoms with Crippen molar-refractivity contribution in [3.8, 4) is 5.75 Å². The van der Waals surface area contributed by atoms with Crippen molar-refractivity contribution >= 4 is 55.1 Å². The van der Waals surface area contributed by atoms with Gasteiger partial charge in [-0.05, 0) is 24.4 Å². The second-order valence-corrected chi connectivity index (χ2v) is 9.14. The number of ether oxygens (including phenoxy) is 1. The largest absolute Gasteiger partial charge is 0.496 e. The molecule has 0 bridgehead atoms. The number of anilines is 2. The van der Waals surface area contributed by atoms with Crippen molar-refractivity contribution in [2.45, 2.75) is 11.1 Å². The van der Waals surface area contributed by atoms with Crippen LogP contribution in [0.25, 0.3) is 10.1 Å². The van der Waals surface area contributed by atoms with Crippen molar-refractivity contribution in [1.82, 2.24) is 15.0 Å². The smallest absolute Gasteiger partial charge is 0.334 e. The van der Waals surface area contributed by atoms with Gasteiger partial charge >= 0.3 is 12.1 Å². The van der Waals surface area contributed by atoms with Gasteiger partial charge in [0, 0.05) is 23.9 Å². The zero-order valence-corrected chi connectivity index (χ0v) is 17.9. The molecular formula is C18H19N5O5S2. The van der Waals surface area contributed by atoms with Gasteiger partial charge in [0.1, 0.15) is 21.6 Å². The second-order valence-electron chi connectivity index (χ2n) is 6.15. The third-order valence-electron chi connectivity index (χ3n) is 3.89. The first-order valence-electron chi connectivity index (χ1n) is 8.59. The lowest BCUT2D eigenvalue weighted by molar-refractivity contribution is 0.253. The molecule has 4 amide bonds. The predicted octanol–water partition coefficient (Wildman–Crippen LogP) is 2.88. The van der Waals surface area contributed by atoms with Crippen LogP contribution in [0.4, 0.5) is 21.2 Å². The van der Waals surface area contributed by atoms with Crippen molar-refractivity contribution in [2.24, 2.45) is 0 Å². The van der Waals surface area contributed by atoms with E-state index in [2.05, 4.69) is 20.9 Å². The summed E-state index contributed by atoms with van der Waals surface area (Å²) in [5, 5.41) is 7.92. The number of urea groups is 2. The van der Waals surface area contributed by atoms with Crippen molar-refractivity contribution in [3.63, 3.8) is 0 Å². The Morgan fingerprint density at radius 1 is 1.03 bits per heavy atom. The lowest BCUT2D eigenvalue weighted by Crippen LogP contribution is -2.34. The number of carbonyl (C=O) groups excluding carboxylic acids is 2. The number of methoxy groups -OCH3 is 1. The van der Waals surface area contributed by atoms with Gasteiger partial charge in [-0.3, -0.25) is 10.6 Å². The predicted molar refractivity (Wildman–Crippen MR) is 115 cm³/mol. The highest BCUT2D eigenvalue weighted by Gasteiger charge is 2.21. The van der Waals surface area contributed by atoms with E-state index in [0.717, 1.165) is 27.0 Å². The molecule has 0 aliphatic rings. The van der Waals surface area contributed by atoms with E-state index < -0.39 is 22.1 Å². The number of aromatic nitrogens is 1. The Hall–Kier alpha value is -3.38. The van der Waals surface area contributed by atoms with Crippen LogP contribution in [-0.2, 0) is 10.0 Å². The van der Waals surface area contributed by atoms with Crippen LogP contribution in [-0.4, -0.2) is 39.6 Å². The molecule has 0 saturated heterocycles. The molecule has 0 unspecified atom stereocenters. The Bertz CT molecular complexity index is 1220. The summed E-state index contributed by atoms with van der Waals surface area (Å²) in [4.78, 5) is 27.8. The van der Waals surface area contributed by atoms with Crippen LogP contribution >= 0.6 is 11.3 Å². The number of sulfonamides is 1. The van der Waals surface area contributed by atoms with E-state index in [1.165, 1.54) is 32.4 Å². The van der Waals surface area contributed by atoms with E-state index in [1.807, 2.05) is 29.8 Å². The molecule has 2 aromatic heterocycles. The number of fused-ring (bicyclic) bond motifs is 1. The standard InChI is InChI=1S/C18H19N5O5S2/c1-10-4-5-13-11(6-10)7-16(29-13)30(26,27)23-18(25)22-15-9-12(28-3)8-14(20-15)21-17(24)19-2/h4-9H,1-3H3,(H4,19,20,21,22,23,24,25). The van der Waals surface area contributed by atoms with E-state index in [1.54, 1.807) is 0 Å². The molecule has 2 heterocycles. The van der Waals surface area contributed by atoms with E-state index in [9.17, 15) is 18.0 Å². The number of carbonyl (C=O) groups is 2. The number of amides is 4. The molecule has 0 saturated carbocycles. The van der Waals surface area contributed by atoms with Gasteiger partial charge in [0.05, 0.1) is 7.11 Å². The zero-order chi connectivity index (χ0) is 21.9. The molecule has 0 aliphatic carbocycles. The molecule has 158 valence electrons. The van der Waals surface area contributed by atoms with Gasteiger partial charge in [-0.1, -0.05) is 17.7 Å². The molecule has 10 nitrogen and oxygen atoms in total. The van der Waals surface area contributed by atoms with Gasteiger partial charge in [-0.2, -0.15) is 0 Å². The number of thiophene rings is 1. The lowest BCUT2D eigenvalue weighted by Gasteiger charge is -2.11. The number of nitrogens with one attached hydrogen (secondary N) is 4. The Balaban J connectivity index is 1.78. The van der Waals surface area contributed by atoms with Crippen LogP contribution in [0.2, 0.25) is 0 Å². The van der Waals surface area contributed by atoms with E-state index >= 15 is 0 Å². The van der Waals surface area contributed by atoms with E-state index in [0.29, 0.717) is 5.75 Å². The normalized spacial score (nSPS) is 11.0. The Labute approximate surface area is 176 Å². The van der Waals surface area contributed by atoms with Gasteiger partial charge < -0.3 is 10.1 Å². The monoisotopic (exact) mass is 449 g/mol. The SMILES string of the molecule is CNC(=O)Nc1cc(OC)cc(NC(=O)NS(=O)(=O)c2cc3cc(C)ccc3s2)n1. The summed E-state index contributed by atoms with van der Waals surface area (Å²) in [6.07, 6.45) is 0. The average Bonchev–Trinajstić information content (AvgIpc) is 3.11. The molecule has 3 rings (SSSR count). The fourth-order valence-electron chi connectivity index (χ4n) is 2.52. The minimum absolute atomic E-state index is 0.0128. The minimum Gasteiger partial charge on any atom is -0.496 e. The third-order valence-corrected chi connectivity index (χ3v) is 6.81. The molecule has 0 fully saturated rings. The topological polar surface area (TPSA) is 139 Å². The van der Waals surface area contributed by atoms with E-state index in [-0.39, 0.29) is 15.8 Å². The molecule has 12 heteroatoms. The maximum absolute atomic E-state index is 12.6. The second kappa shape index (κ2) is 8.55. The molecule has 4 N–H and O–H groups in total. The highest BCUT2D eigenvalue weighted by molar-refractivity contribution is 7.92.